The Bertz CT molecular complexity index is 1230. The molecule has 1 aromatic heterocycles. The van der Waals surface area contributed by atoms with Crippen LogP contribution in [-0.4, -0.2) is 58.1 Å². The van der Waals surface area contributed by atoms with Crippen LogP contribution < -0.4 is 10.9 Å². The number of nitrogens with one attached hydrogen (secondary N) is 2. The summed E-state index contributed by atoms with van der Waals surface area (Å²) >= 11 is 0. The highest BCUT2D eigenvalue weighted by Gasteiger charge is 2.26. The van der Waals surface area contributed by atoms with Crippen LogP contribution in [0.3, 0.4) is 0 Å². The second kappa shape index (κ2) is 9.00. The molecular weight excluding hydrogens is 416 g/mol. The van der Waals surface area contributed by atoms with E-state index in [0.717, 1.165) is 61.3 Å². The van der Waals surface area contributed by atoms with Crippen molar-refractivity contribution in [2.45, 2.75) is 38.4 Å². The molecule has 0 saturated carbocycles. The normalized spacial score (nSPS) is 19.8. The van der Waals surface area contributed by atoms with Gasteiger partial charge >= 0.3 is 5.97 Å². The van der Waals surface area contributed by atoms with Crippen molar-refractivity contribution < 1.29 is 9.90 Å². The first kappa shape index (κ1) is 21.7. The summed E-state index contributed by atoms with van der Waals surface area (Å²) in [4.78, 5) is 31.4. The highest BCUT2D eigenvalue weighted by molar-refractivity contribution is 5.79. The second-order valence-corrected chi connectivity index (χ2v) is 9.29. The number of benzene rings is 2. The van der Waals surface area contributed by atoms with E-state index in [4.69, 9.17) is 5.11 Å². The monoisotopic (exact) mass is 446 g/mol. The lowest BCUT2D eigenvalue weighted by molar-refractivity contribution is -0.138. The number of aromatic amines is 1. The first-order valence-electron chi connectivity index (χ1n) is 11.6. The number of carboxylic acids is 1. The molecule has 7 nitrogen and oxygen atoms in total. The molecule has 3 heterocycles. The minimum atomic E-state index is -0.735. The van der Waals surface area contributed by atoms with E-state index >= 15 is 0 Å². The number of anilines is 1. The highest BCUT2D eigenvalue weighted by atomic mass is 16.4. The van der Waals surface area contributed by atoms with Gasteiger partial charge in [-0.05, 0) is 48.1 Å². The van der Waals surface area contributed by atoms with E-state index in [0.29, 0.717) is 0 Å². The van der Waals surface area contributed by atoms with Crippen molar-refractivity contribution in [3.05, 3.63) is 75.6 Å². The predicted molar refractivity (Wildman–Crippen MR) is 130 cm³/mol. The third-order valence-electron chi connectivity index (χ3n) is 6.99. The lowest BCUT2D eigenvalue weighted by Crippen LogP contribution is -2.49. The number of aliphatic carboxylic acids is 1. The van der Waals surface area contributed by atoms with Gasteiger partial charge in [0.25, 0.3) is 5.56 Å². The fourth-order valence-electron chi connectivity index (χ4n) is 5.13. The molecule has 0 spiro atoms. The minimum Gasteiger partial charge on any atom is -0.481 e. The van der Waals surface area contributed by atoms with Gasteiger partial charge in [0.2, 0.25) is 0 Å². The van der Waals surface area contributed by atoms with Gasteiger partial charge in [-0.25, -0.2) is 0 Å². The molecule has 0 aliphatic carbocycles. The highest BCUT2D eigenvalue weighted by Crippen LogP contribution is 2.34. The number of carbonyl (C=O) groups is 1. The van der Waals surface area contributed by atoms with E-state index < -0.39 is 5.97 Å². The number of aromatic nitrogens is 1. The van der Waals surface area contributed by atoms with Crippen LogP contribution in [0.4, 0.5) is 5.69 Å². The SMILES string of the molecule is CC(CC(=O)O)N1CCN(Cc2ccc3c(c2)CC(c2cc4ccccc4[nH]c2=O)N3)CC1. The maximum atomic E-state index is 12.7. The molecule has 0 bridgehead atoms. The number of pyridine rings is 1. The number of piperazine rings is 1. The molecule has 1 saturated heterocycles. The van der Waals surface area contributed by atoms with E-state index in [2.05, 4.69) is 38.3 Å². The standard InChI is InChI=1S/C26H30N4O3/c1-17(12-25(31)32)30-10-8-29(9-11-30)16-18-6-7-23-20(13-18)15-24(27-23)21-14-19-4-2-3-5-22(19)28-26(21)33/h2-7,13-14,17,24,27H,8-12,15-16H2,1H3,(H,28,33)(H,31,32). The number of carboxylic acid groups (broad SMARTS) is 1. The second-order valence-electron chi connectivity index (χ2n) is 9.29. The van der Waals surface area contributed by atoms with Crippen LogP contribution in [0.2, 0.25) is 0 Å². The van der Waals surface area contributed by atoms with E-state index in [9.17, 15) is 9.59 Å². The van der Waals surface area contributed by atoms with Gasteiger partial charge in [0.15, 0.2) is 0 Å². The number of fused-ring (bicyclic) bond motifs is 2. The lowest BCUT2D eigenvalue weighted by Gasteiger charge is -2.37. The van der Waals surface area contributed by atoms with Gasteiger partial charge in [-0.15, -0.1) is 0 Å². The Hall–Kier alpha value is -3.16. The Morgan fingerprint density at radius 1 is 1.12 bits per heavy atom. The van der Waals surface area contributed by atoms with E-state index in [1.54, 1.807) is 0 Å². The molecule has 7 heteroatoms. The fourth-order valence-corrected chi connectivity index (χ4v) is 5.13. The molecule has 2 aliphatic heterocycles. The molecule has 33 heavy (non-hydrogen) atoms. The summed E-state index contributed by atoms with van der Waals surface area (Å²) in [5.74, 6) is -0.735. The summed E-state index contributed by atoms with van der Waals surface area (Å²) in [6, 6.07) is 16.5. The van der Waals surface area contributed by atoms with Gasteiger partial charge < -0.3 is 15.4 Å². The number of hydrogen-bond donors (Lipinski definition) is 3. The lowest BCUT2D eigenvalue weighted by atomic mass is 10.0. The Morgan fingerprint density at radius 3 is 2.70 bits per heavy atom. The topological polar surface area (TPSA) is 88.7 Å². The third-order valence-corrected chi connectivity index (χ3v) is 6.99. The van der Waals surface area contributed by atoms with Crippen LogP contribution in [-0.2, 0) is 17.8 Å². The minimum absolute atomic E-state index is 0.0251. The number of H-pyrrole nitrogens is 1. The zero-order valence-corrected chi connectivity index (χ0v) is 18.9. The first-order chi connectivity index (χ1) is 16.0. The Labute approximate surface area is 193 Å². The molecule has 2 unspecified atom stereocenters. The number of rotatable bonds is 6. The molecule has 3 N–H and O–H groups in total. The summed E-state index contributed by atoms with van der Waals surface area (Å²) in [5.41, 5.74) is 5.23. The third kappa shape index (κ3) is 4.65. The summed E-state index contributed by atoms with van der Waals surface area (Å²) < 4.78 is 0. The van der Waals surface area contributed by atoms with Gasteiger partial charge in [0, 0.05) is 55.5 Å². The number of para-hydroxylation sites is 1. The van der Waals surface area contributed by atoms with Crippen LogP contribution in [0.5, 0.6) is 0 Å². The van der Waals surface area contributed by atoms with Crippen molar-refractivity contribution >= 4 is 22.6 Å². The molecule has 1 fully saturated rings. The van der Waals surface area contributed by atoms with Crippen LogP contribution in [0.15, 0.2) is 53.3 Å². The molecule has 2 atom stereocenters. The van der Waals surface area contributed by atoms with Gasteiger partial charge in [-0.2, -0.15) is 0 Å². The largest absolute Gasteiger partial charge is 0.481 e. The van der Waals surface area contributed by atoms with Crippen molar-refractivity contribution in [2.24, 2.45) is 0 Å². The van der Waals surface area contributed by atoms with Crippen molar-refractivity contribution in [1.82, 2.24) is 14.8 Å². The summed E-state index contributed by atoms with van der Waals surface area (Å²) in [5, 5.41) is 13.6. The van der Waals surface area contributed by atoms with Crippen molar-refractivity contribution in [1.29, 1.82) is 0 Å². The van der Waals surface area contributed by atoms with Gasteiger partial charge in [-0.1, -0.05) is 30.3 Å². The predicted octanol–water partition coefficient (Wildman–Crippen LogP) is 3.22. The number of hydrogen-bond acceptors (Lipinski definition) is 5. The van der Waals surface area contributed by atoms with Gasteiger partial charge in [0.1, 0.15) is 0 Å². The molecule has 0 radical (unpaired) electrons. The van der Waals surface area contributed by atoms with Gasteiger partial charge in [-0.3, -0.25) is 19.4 Å². The van der Waals surface area contributed by atoms with Crippen LogP contribution in [0, 0.1) is 0 Å². The van der Waals surface area contributed by atoms with Crippen molar-refractivity contribution in [3.8, 4) is 0 Å². The molecule has 172 valence electrons. The zero-order chi connectivity index (χ0) is 22.9. The number of nitrogens with zero attached hydrogens (tertiary/aromatic N) is 2. The first-order valence-corrected chi connectivity index (χ1v) is 11.6. The molecule has 5 rings (SSSR count). The maximum Gasteiger partial charge on any atom is 0.304 e. The Morgan fingerprint density at radius 2 is 1.91 bits per heavy atom. The van der Waals surface area contributed by atoms with E-state index in [1.165, 1.54) is 11.1 Å². The van der Waals surface area contributed by atoms with Crippen LogP contribution in [0.25, 0.3) is 10.9 Å². The van der Waals surface area contributed by atoms with Crippen molar-refractivity contribution in [2.75, 3.05) is 31.5 Å². The van der Waals surface area contributed by atoms with Gasteiger partial charge in [0.05, 0.1) is 12.5 Å². The smallest absolute Gasteiger partial charge is 0.304 e. The molecular formula is C26H30N4O3. The van der Waals surface area contributed by atoms with E-state index in [1.807, 2.05) is 37.3 Å². The fraction of sp³-hybridized carbons (Fsp3) is 0.385. The quantitative estimate of drug-likeness (QED) is 0.539. The maximum absolute atomic E-state index is 12.7. The summed E-state index contributed by atoms with van der Waals surface area (Å²) in [6.45, 7) is 6.55. The Balaban J connectivity index is 1.23. The van der Waals surface area contributed by atoms with Crippen LogP contribution in [0.1, 0.15) is 36.1 Å². The molecule has 2 aromatic carbocycles. The zero-order valence-electron chi connectivity index (χ0n) is 18.9. The summed E-state index contributed by atoms with van der Waals surface area (Å²) in [6.07, 6.45) is 0.990. The average Bonchev–Trinajstić information content (AvgIpc) is 3.22. The Kier molecular flexibility index (Phi) is 5.91. The average molecular weight is 447 g/mol. The van der Waals surface area contributed by atoms with Crippen molar-refractivity contribution in [3.63, 3.8) is 0 Å². The molecule has 3 aromatic rings. The van der Waals surface area contributed by atoms with Crippen LogP contribution >= 0.6 is 0 Å². The van der Waals surface area contributed by atoms with E-state index in [-0.39, 0.29) is 24.1 Å². The molecule has 0 amide bonds. The molecule has 2 aliphatic rings. The summed E-state index contributed by atoms with van der Waals surface area (Å²) in [7, 11) is 0.